The topological polar surface area (TPSA) is 109 Å². The number of sulfonamides is 1. The van der Waals surface area contributed by atoms with E-state index in [1.54, 1.807) is 7.05 Å². The third kappa shape index (κ3) is 2.74. The van der Waals surface area contributed by atoms with Crippen molar-refractivity contribution in [3.63, 3.8) is 0 Å². The maximum absolute atomic E-state index is 12.6. The number of nitrogen functional groups attached to an aromatic ring is 1. The van der Waals surface area contributed by atoms with Crippen molar-refractivity contribution >= 4 is 21.7 Å². The van der Waals surface area contributed by atoms with Gasteiger partial charge in [-0.2, -0.15) is 4.31 Å². The van der Waals surface area contributed by atoms with Gasteiger partial charge in [0.1, 0.15) is 4.90 Å². The highest BCUT2D eigenvalue weighted by atomic mass is 32.2. The second-order valence-electron chi connectivity index (χ2n) is 4.50. The summed E-state index contributed by atoms with van der Waals surface area (Å²) in [6.07, 6.45) is 2.03. The highest BCUT2D eigenvalue weighted by Crippen LogP contribution is 2.22. The fraction of sp³-hybridized carbons (Fsp3) is 0.455. The van der Waals surface area contributed by atoms with Crippen molar-refractivity contribution in [2.24, 2.45) is 5.84 Å². The lowest BCUT2D eigenvalue weighted by molar-refractivity contribution is -0.129. The maximum atomic E-state index is 12.6. The summed E-state index contributed by atoms with van der Waals surface area (Å²) < 4.78 is 26.3. The van der Waals surface area contributed by atoms with Crippen LogP contribution in [0.25, 0.3) is 0 Å². The molecule has 1 aliphatic rings. The van der Waals surface area contributed by atoms with E-state index in [0.29, 0.717) is 13.0 Å². The van der Waals surface area contributed by atoms with Gasteiger partial charge in [-0.05, 0) is 18.6 Å². The SMILES string of the molecule is CN1CCCN(S(=O)(=O)c2cccnc2NN)CC1=O. The molecule has 8 nitrogen and oxygen atoms in total. The van der Waals surface area contributed by atoms with E-state index < -0.39 is 10.0 Å². The minimum absolute atomic E-state index is 0.0279. The molecule has 9 heteroatoms. The van der Waals surface area contributed by atoms with Gasteiger partial charge in [-0.3, -0.25) is 4.79 Å². The molecule has 1 amide bonds. The second-order valence-corrected chi connectivity index (χ2v) is 6.41. The van der Waals surface area contributed by atoms with Crippen LogP contribution in [-0.4, -0.2) is 55.2 Å². The zero-order valence-corrected chi connectivity index (χ0v) is 11.9. The number of rotatable bonds is 3. The second kappa shape index (κ2) is 5.73. The molecular formula is C11H17N5O3S. The average molecular weight is 299 g/mol. The third-order valence-corrected chi connectivity index (χ3v) is 5.04. The van der Waals surface area contributed by atoms with Crippen LogP contribution in [0.2, 0.25) is 0 Å². The van der Waals surface area contributed by atoms with Crippen molar-refractivity contribution in [2.75, 3.05) is 32.1 Å². The summed E-state index contributed by atoms with van der Waals surface area (Å²) >= 11 is 0. The van der Waals surface area contributed by atoms with Gasteiger partial charge in [0, 0.05) is 26.3 Å². The molecule has 1 aromatic heterocycles. The van der Waals surface area contributed by atoms with Crippen LogP contribution in [0.15, 0.2) is 23.2 Å². The number of aromatic nitrogens is 1. The summed E-state index contributed by atoms with van der Waals surface area (Å²) in [7, 11) is -2.14. The summed E-state index contributed by atoms with van der Waals surface area (Å²) in [5, 5.41) is 0. The Bertz CT molecular complexity index is 604. The molecule has 1 fully saturated rings. The van der Waals surface area contributed by atoms with Crippen LogP contribution in [-0.2, 0) is 14.8 Å². The largest absolute Gasteiger partial charge is 0.345 e. The number of carbonyl (C=O) groups excluding carboxylic acids is 1. The Hall–Kier alpha value is -1.71. The minimum atomic E-state index is -3.80. The molecule has 20 heavy (non-hydrogen) atoms. The summed E-state index contributed by atoms with van der Waals surface area (Å²) in [5.74, 6) is 5.13. The number of carbonyl (C=O) groups is 1. The lowest BCUT2D eigenvalue weighted by Gasteiger charge is -2.20. The van der Waals surface area contributed by atoms with Crippen LogP contribution >= 0.6 is 0 Å². The van der Waals surface area contributed by atoms with Gasteiger partial charge in [0.25, 0.3) is 0 Å². The number of amides is 1. The number of nitrogens with two attached hydrogens (primary N) is 1. The Balaban J connectivity index is 2.37. The lowest BCUT2D eigenvalue weighted by atomic mass is 10.4. The predicted octanol–water partition coefficient (Wildman–Crippen LogP) is -0.780. The van der Waals surface area contributed by atoms with Crippen molar-refractivity contribution in [2.45, 2.75) is 11.3 Å². The van der Waals surface area contributed by atoms with Crippen LogP contribution in [0.3, 0.4) is 0 Å². The molecule has 1 saturated heterocycles. The highest BCUT2D eigenvalue weighted by Gasteiger charge is 2.31. The Morgan fingerprint density at radius 3 is 2.85 bits per heavy atom. The van der Waals surface area contributed by atoms with E-state index in [1.807, 2.05) is 0 Å². The Labute approximate surface area is 117 Å². The molecule has 0 bridgehead atoms. The maximum Gasteiger partial charge on any atom is 0.247 e. The molecule has 110 valence electrons. The van der Waals surface area contributed by atoms with Gasteiger partial charge in [0.05, 0.1) is 6.54 Å². The van der Waals surface area contributed by atoms with Crippen LogP contribution in [0.4, 0.5) is 5.82 Å². The third-order valence-electron chi connectivity index (χ3n) is 3.16. The van der Waals surface area contributed by atoms with Crippen LogP contribution in [0.5, 0.6) is 0 Å². The molecule has 0 spiro atoms. The molecule has 0 aromatic carbocycles. The molecule has 2 rings (SSSR count). The molecule has 3 N–H and O–H groups in total. The van der Waals surface area contributed by atoms with Gasteiger partial charge < -0.3 is 10.3 Å². The van der Waals surface area contributed by atoms with Gasteiger partial charge in [0.2, 0.25) is 15.9 Å². The van der Waals surface area contributed by atoms with Crippen molar-refractivity contribution < 1.29 is 13.2 Å². The van der Waals surface area contributed by atoms with E-state index in [4.69, 9.17) is 5.84 Å². The van der Waals surface area contributed by atoms with Crippen molar-refractivity contribution in [1.82, 2.24) is 14.2 Å². The first-order chi connectivity index (χ1) is 9.46. The van der Waals surface area contributed by atoms with Gasteiger partial charge in [0.15, 0.2) is 5.82 Å². The zero-order chi connectivity index (χ0) is 14.8. The zero-order valence-electron chi connectivity index (χ0n) is 11.1. The molecule has 0 saturated carbocycles. The molecule has 1 aromatic rings. The van der Waals surface area contributed by atoms with Crippen molar-refractivity contribution in [3.8, 4) is 0 Å². The van der Waals surface area contributed by atoms with Crippen molar-refractivity contribution in [1.29, 1.82) is 0 Å². The van der Waals surface area contributed by atoms with Crippen LogP contribution in [0, 0.1) is 0 Å². The first-order valence-corrected chi connectivity index (χ1v) is 7.56. The fourth-order valence-electron chi connectivity index (χ4n) is 2.01. The summed E-state index contributed by atoms with van der Waals surface area (Å²) in [4.78, 5) is 17.2. The summed E-state index contributed by atoms with van der Waals surface area (Å²) in [5.41, 5.74) is 2.26. The normalized spacial score (nSPS) is 17.9. The Morgan fingerprint density at radius 2 is 2.15 bits per heavy atom. The van der Waals surface area contributed by atoms with E-state index in [1.165, 1.54) is 23.2 Å². The summed E-state index contributed by atoms with van der Waals surface area (Å²) in [6, 6.07) is 2.93. The van der Waals surface area contributed by atoms with E-state index >= 15 is 0 Å². The van der Waals surface area contributed by atoms with E-state index in [2.05, 4.69) is 10.4 Å². The van der Waals surface area contributed by atoms with Gasteiger partial charge in [-0.1, -0.05) is 0 Å². The number of hydrogen-bond acceptors (Lipinski definition) is 6. The molecule has 0 aliphatic carbocycles. The number of nitrogens with one attached hydrogen (secondary N) is 1. The Morgan fingerprint density at radius 1 is 1.40 bits per heavy atom. The lowest BCUT2D eigenvalue weighted by Crippen LogP contribution is -2.38. The first kappa shape index (κ1) is 14.7. The van der Waals surface area contributed by atoms with E-state index in [9.17, 15) is 13.2 Å². The standard InChI is InChI=1S/C11H17N5O3S/c1-15-6-3-7-16(8-10(15)17)20(18,19)9-4-2-5-13-11(9)14-12/h2,4-5H,3,6-8,12H2,1H3,(H,13,14). The predicted molar refractivity (Wildman–Crippen MR) is 73.1 cm³/mol. The van der Waals surface area contributed by atoms with Crippen molar-refractivity contribution in [3.05, 3.63) is 18.3 Å². The Kier molecular flexibility index (Phi) is 4.21. The van der Waals surface area contributed by atoms with E-state index in [0.717, 1.165) is 4.31 Å². The molecule has 1 aliphatic heterocycles. The highest BCUT2D eigenvalue weighted by molar-refractivity contribution is 7.89. The minimum Gasteiger partial charge on any atom is -0.345 e. The number of pyridine rings is 1. The smallest absolute Gasteiger partial charge is 0.247 e. The molecule has 2 heterocycles. The average Bonchev–Trinajstić information content (AvgIpc) is 2.61. The quantitative estimate of drug-likeness (QED) is 0.560. The number of nitrogens with zero attached hydrogens (tertiary/aromatic N) is 3. The monoisotopic (exact) mass is 299 g/mol. The van der Waals surface area contributed by atoms with Gasteiger partial charge in [-0.25, -0.2) is 19.2 Å². The molecular weight excluding hydrogens is 282 g/mol. The van der Waals surface area contributed by atoms with Gasteiger partial charge >= 0.3 is 0 Å². The van der Waals surface area contributed by atoms with Crippen LogP contribution < -0.4 is 11.3 Å². The fourth-order valence-corrected chi connectivity index (χ4v) is 3.55. The first-order valence-electron chi connectivity index (χ1n) is 6.12. The number of anilines is 1. The molecule has 0 unspecified atom stereocenters. The number of hydrogen-bond donors (Lipinski definition) is 2. The summed E-state index contributed by atoms with van der Waals surface area (Å²) in [6.45, 7) is 0.662. The van der Waals surface area contributed by atoms with Crippen LogP contribution in [0.1, 0.15) is 6.42 Å². The molecule has 0 radical (unpaired) electrons. The number of likely N-dealkylation sites (N-methyl/N-ethyl adjacent to an activating group) is 1. The molecule has 0 atom stereocenters. The van der Waals surface area contributed by atoms with E-state index in [-0.39, 0.29) is 29.7 Å². The van der Waals surface area contributed by atoms with Gasteiger partial charge in [-0.15, -0.1) is 0 Å². The number of hydrazine groups is 1.